The highest BCUT2D eigenvalue weighted by atomic mass is 35.5. The van der Waals surface area contributed by atoms with Gasteiger partial charge in [0, 0.05) is 11.8 Å². The molecule has 0 aliphatic rings. The normalized spacial score (nSPS) is 12.8. The van der Waals surface area contributed by atoms with Crippen molar-refractivity contribution in [2.45, 2.75) is 26.2 Å². The molecule has 0 aromatic heterocycles. The van der Waals surface area contributed by atoms with Crippen LogP contribution in [0.5, 0.6) is 0 Å². The van der Waals surface area contributed by atoms with Crippen molar-refractivity contribution in [1.29, 1.82) is 0 Å². The molecule has 4 heteroatoms. The number of carbonyl (C=O) groups is 1. The van der Waals surface area contributed by atoms with Crippen molar-refractivity contribution in [2.24, 2.45) is 11.7 Å². The molecule has 1 atom stereocenters. The molecule has 2 N–H and O–H groups in total. The third-order valence-electron chi connectivity index (χ3n) is 2.71. The monoisotopic (exact) mass is 273 g/mol. The minimum absolute atomic E-state index is 0.0130. The van der Waals surface area contributed by atoms with Crippen LogP contribution < -0.4 is 5.73 Å². The standard InChI is InChI=1S/C13H17Cl2NO/c1-8(2)13(17)10(5-6-16)9-3-4-11(14)12(15)7-9/h3-4,7-8,10H,5-6,16H2,1-2H3/t10-/m1/s1. The summed E-state index contributed by atoms with van der Waals surface area (Å²) >= 11 is 11.8. The fraction of sp³-hybridized carbons (Fsp3) is 0.462. The van der Waals surface area contributed by atoms with Gasteiger partial charge in [-0.15, -0.1) is 0 Å². The van der Waals surface area contributed by atoms with Crippen molar-refractivity contribution in [3.05, 3.63) is 33.8 Å². The molecule has 0 aliphatic heterocycles. The first-order chi connectivity index (χ1) is 7.97. The fourth-order valence-electron chi connectivity index (χ4n) is 1.77. The first-order valence-corrected chi connectivity index (χ1v) is 6.41. The van der Waals surface area contributed by atoms with Gasteiger partial charge in [-0.1, -0.05) is 43.1 Å². The summed E-state index contributed by atoms with van der Waals surface area (Å²) in [5.74, 6) is -0.00962. The zero-order valence-corrected chi connectivity index (χ0v) is 11.6. The number of halogens is 2. The van der Waals surface area contributed by atoms with E-state index in [4.69, 9.17) is 28.9 Å². The van der Waals surface area contributed by atoms with Gasteiger partial charge in [-0.05, 0) is 30.7 Å². The number of ketones is 1. The maximum Gasteiger partial charge on any atom is 0.142 e. The first kappa shape index (κ1) is 14.5. The SMILES string of the molecule is CC(C)C(=O)[C@H](CCN)c1ccc(Cl)c(Cl)c1. The number of benzene rings is 1. The van der Waals surface area contributed by atoms with Gasteiger partial charge in [0.25, 0.3) is 0 Å². The van der Waals surface area contributed by atoms with Gasteiger partial charge in [0.2, 0.25) is 0 Å². The highest BCUT2D eigenvalue weighted by molar-refractivity contribution is 6.42. The summed E-state index contributed by atoms with van der Waals surface area (Å²) in [4.78, 5) is 12.1. The van der Waals surface area contributed by atoms with Gasteiger partial charge >= 0.3 is 0 Å². The molecule has 1 rings (SSSR count). The summed E-state index contributed by atoms with van der Waals surface area (Å²) < 4.78 is 0. The Labute approximate surface area is 112 Å². The van der Waals surface area contributed by atoms with E-state index < -0.39 is 0 Å². The minimum Gasteiger partial charge on any atom is -0.330 e. The van der Waals surface area contributed by atoms with Crippen LogP contribution in [0.4, 0.5) is 0 Å². The lowest BCUT2D eigenvalue weighted by Crippen LogP contribution is -2.21. The number of carbonyl (C=O) groups excluding carboxylic acids is 1. The minimum atomic E-state index is -0.185. The van der Waals surface area contributed by atoms with Crippen molar-refractivity contribution in [3.8, 4) is 0 Å². The zero-order chi connectivity index (χ0) is 13.0. The van der Waals surface area contributed by atoms with Gasteiger partial charge < -0.3 is 5.73 Å². The maximum absolute atomic E-state index is 12.1. The topological polar surface area (TPSA) is 43.1 Å². The zero-order valence-electron chi connectivity index (χ0n) is 10.0. The van der Waals surface area contributed by atoms with Gasteiger partial charge in [-0.2, -0.15) is 0 Å². The molecule has 0 bridgehead atoms. The summed E-state index contributed by atoms with van der Waals surface area (Å²) in [7, 11) is 0. The van der Waals surface area contributed by atoms with Crippen molar-refractivity contribution in [1.82, 2.24) is 0 Å². The van der Waals surface area contributed by atoms with E-state index in [1.165, 1.54) is 0 Å². The molecule has 94 valence electrons. The second kappa shape index (κ2) is 6.39. The molecule has 0 saturated carbocycles. The van der Waals surface area contributed by atoms with Crippen LogP contribution in [0.2, 0.25) is 10.0 Å². The summed E-state index contributed by atoms with van der Waals surface area (Å²) in [5.41, 5.74) is 6.45. The number of nitrogens with two attached hydrogens (primary N) is 1. The molecule has 0 spiro atoms. The first-order valence-electron chi connectivity index (χ1n) is 5.66. The molecular formula is C13H17Cl2NO. The van der Waals surface area contributed by atoms with Crippen LogP contribution in [0.15, 0.2) is 18.2 Å². The Kier molecular flexibility index (Phi) is 5.44. The van der Waals surface area contributed by atoms with Crippen molar-refractivity contribution < 1.29 is 4.79 Å². The quantitative estimate of drug-likeness (QED) is 0.890. The Hall–Kier alpha value is -0.570. The van der Waals surface area contributed by atoms with Crippen LogP contribution in [0.25, 0.3) is 0 Å². The molecule has 1 aromatic carbocycles. The predicted molar refractivity (Wildman–Crippen MR) is 72.7 cm³/mol. The van der Waals surface area contributed by atoms with Crippen LogP contribution in [0.1, 0.15) is 31.7 Å². The highest BCUT2D eigenvalue weighted by Gasteiger charge is 2.22. The summed E-state index contributed by atoms with van der Waals surface area (Å²) in [5, 5.41) is 0.974. The Balaban J connectivity index is 3.05. The highest BCUT2D eigenvalue weighted by Crippen LogP contribution is 2.29. The molecule has 0 aliphatic carbocycles. The fourth-order valence-corrected chi connectivity index (χ4v) is 2.08. The van der Waals surface area contributed by atoms with Crippen molar-refractivity contribution >= 4 is 29.0 Å². The van der Waals surface area contributed by atoms with Gasteiger partial charge in [0.05, 0.1) is 10.0 Å². The van der Waals surface area contributed by atoms with Crippen molar-refractivity contribution in [2.75, 3.05) is 6.54 Å². The van der Waals surface area contributed by atoms with Crippen LogP contribution in [0.3, 0.4) is 0 Å². The third-order valence-corrected chi connectivity index (χ3v) is 3.45. The summed E-state index contributed by atoms with van der Waals surface area (Å²) in [6.07, 6.45) is 0.634. The van der Waals surface area contributed by atoms with E-state index in [2.05, 4.69) is 0 Å². The summed E-state index contributed by atoms with van der Waals surface area (Å²) in [6.45, 7) is 4.26. The van der Waals surface area contributed by atoms with Crippen molar-refractivity contribution in [3.63, 3.8) is 0 Å². The van der Waals surface area contributed by atoms with Crippen LogP contribution >= 0.6 is 23.2 Å². The average molecular weight is 274 g/mol. The second-order valence-electron chi connectivity index (χ2n) is 4.36. The number of hydrogen-bond acceptors (Lipinski definition) is 2. The average Bonchev–Trinajstić information content (AvgIpc) is 2.29. The molecule has 0 unspecified atom stereocenters. The molecule has 0 saturated heterocycles. The Morgan fingerprint density at radius 3 is 2.41 bits per heavy atom. The number of rotatable bonds is 5. The lowest BCUT2D eigenvalue weighted by atomic mass is 9.86. The molecule has 1 aromatic rings. The lowest BCUT2D eigenvalue weighted by molar-refractivity contribution is -0.123. The maximum atomic E-state index is 12.1. The largest absolute Gasteiger partial charge is 0.330 e. The Morgan fingerprint density at radius 2 is 1.94 bits per heavy atom. The number of hydrogen-bond donors (Lipinski definition) is 1. The van der Waals surface area contributed by atoms with E-state index in [0.29, 0.717) is 23.0 Å². The van der Waals surface area contributed by atoms with Gasteiger partial charge in [-0.25, -0.2) is 0 Å². The summed E-state index contributed by atoms with van der Waals surface area (Å²) in [6, 6.07) is 5.32. The van der Waals surface area contributed by atoms with E-state index in [-0.39, 0.29) is 17.6 Å². The molecule has 0 radical (unpaired) electrons. The molecule has 0 heterocycles. The van der Waals surface area contributed by atoms with E-state index in [9.17, 15) is 4.79 Å². The second-order valence-corrected chi connectivity index (χ2v) is 5.17. The lowest BCUT2D eigenvalue weighted by Gasteiger charge is -2.18. The molecule has 0 amide bonds. The van der Waals surface area contributed by atoms with Gasteiger partial charge in [-0.3, -0.25) is 4.79 Å². The van der Waals surface area contributed by atoms with Gasteiger partial charge in [0.15, 0.2) is 0 Å². The van der Waals surface area contributed by atoms with Gasteiger partial charge in [0.1, 0.15) is 5.78 Å². The molecular weight excluding hydrogens is 257 g/mol. The van der Waals surface area contributed by atoms with Crippen LogP contribution in [0, 0.1) is 5.92 Å². The molecule has 2 nitrogen and oxygen atoms in total. The van der Waals surface area contributed by atoms with E-state index in [0.717, 1.165) is 5.56 Å². The number of Topliss-reactive ketones (excluding diaryl/α,β-unsaturated/α-hetero) is 1. The van der Waals surface area contributed by atoms with E-state index in [1.807, 2.05) is 19.9 Å². The van der Waals surface area contributed by atoms with Crippen LogP contribution in [-0.4, -0.2) is 12.3 Å². The van der Waals surface area contributed by atoms with E-state index in [1.54, 1.807) is 12.1 Å². The Bertz CT molecular complexity index is 404. The van der Waals surface area contributed by atoms with E-state index >= 15 is 0 Å². The van der Waals surface area contributed by atoms with Crippen LogP contribution in [-0.2, 0) is 4.79 Å². The molecule has 0 fully saturated rings. The third kappa shape index (κ3) is 3.70. The Morgan fingerprint density at radius 1 is 1.29 bits per heavy atom. The smallest absolute Gasteiger partial charge is 0.142 e. The molecule has 17 heavy (non-hydrogen) atoms. The predicted octanol–water partition coefficient (Wildman–Crippen LogP) is 3.65.